The van der Waals surface area contributed by atoms with Gasteiger partial charge in [0, 0.05) is 23.9 Å². The summed E-state index contributed by atoms with van der Waals surface area (Å²) in [5.41, 5.74) is 2.79. The number of aryl methyl sites for hydroxylation is 1. The van der Waals surface area contributed by atoms with E-state index in [4.69, 9.17) is 0 Å². The van der Waals surface area contributed by atoms with Crippen molar-refractivity contribution in [2.45, 2.75) is 19.9 Å². The second-order valence-electron chi connectivity index (χ2n) is 3.68. The maximum absolute atomic E-state index is 10.7. The zero-order valence-electron chi connectivity index (χ0n) is 9.26. The Morgan fingerprint density at radius 1 is 1.38 bits per heavy atom. The van der Waals surface area contributed by atoms with Crippen LogP contribution in [0, 0.1) is 0 Å². The summed E-state index contributed by atoms with van der Waals surface area (Å²) in [7, 11) is 0. The predicted molar refractivity (Wildman–Crippen MR) is 63.3 cm³/mol. The molecule has 0 atom stereocenters. The molecule has 0 bridgehead atoms. The van der Waals surface area contributed by atoms with E-state index in [9.17, 15) is 4.79 Å². The molecule has 0 amide bonds. The molecule has 2 rings (SSSR count). The predicted octanol–water partition coefficient (Wildman–Crippen LogP) is 2.77. The number of hydrogen-bond donors (Lipinski definition) is 0. The smallest absolute Gasteiger partial charge is 0.150 e. The molecule has 0 saturated heterocycles. The molecule has 0 saturated carbocycles. The van der Waals surface area contributed by atoms with Crippen molar-refractivity contribution < 1.29 is 4.79 Å². The van der Waals surface area contributed by atoms with E-state index in [0.29, 0.717) is 5.56 Å². The molecule has 0 aliphatic heterocycles. The fourth-order valence-corrected chi connectivity index (χ4v) is 1.74. The second kappa shape index (κ2) is 4.75. The van der Waals surface area contributed by atoms with Crippen molar-refractivity contribution in [1.82, 2.24) is 9.78 Å². The van der Waals surface area contributed by atoms with E-state index in [-0.39, 0.29) is 0 Å². The molecule has 0 aliphatic rings. The maximum atomic E-state index is 10.7. The summed E-state index contributed by atoms with van der Waals surface area (Å²) >= 11 is 0. The lowest BCUT2D eigenvalue weighted by atomic mass is 10.1. The Kier molecular flexibility index (Phi) is 3.15. The molecule has 16 heavy (non-hydrogen) atoms. The van der Waals surface area contributed by atoms with E-state index in [1.807, 2.05) is 28.9 Å². The molecule has 3 nitrogen and oxygen atoms in total. The van der Waals surface area contributed by atoms with Gasteiger partial charge in [-0.25, -0.2) is 0 Å². The van der Waals surface area contributed by atoms with Gasteiger partial charge in [-0.1, -0.05) is 25.1 Å². The summed E-state index contributed by atoms with van der Waals surface area (Å²) in [4.78, 5) is 10.7. The van der Waals surface area contributed by atoms with Crippen LogP contribution in [0.15, 0.2) is 36.5 Å². The number of carbonyl (C=O) groups is 1. The summed E-state index contributed by atoms with van der Waals surface area (Å²) in [5.74, 6) is 0. The van der Waals surface area contributed by atoms with Crippen molar-refractivity contribution in [2.75, 3.05) is 0 Å². The highest BCUT2D eigenvalue weighted by atomic mass is 16.1. The topological polar surface area (TPSA) is 34.9 Å². The molecule has 0 N–H and O–H groups in total. The van der Waals surface area contributed by atoms with Crippen LogP contribution in [-0.4, -0.2) is 16.1 Å². The minimum absolute atomic E-state index is 0.696. The minimum Gasteiger partial charge on any atom is -0.298 e. The van der Waals surface area contributed by atoms with Crippen LogP contribution in [0.25, 0.3) is 11.3 Å². The number of nitrogens with zero attached hydrogens (tertiary/aromatic N) is 2. The highest BCUT2D eigenvalue weighted by Gasteiger charge is 2.04. The van der Waals surface area contributed by atoms with Gasteiger partial charge in [0.05, 0.1) is 5.69 Å². The van der Waals surface area contributed by atoms with Crippen molar-refractivity contribution in [2.24, 2.45) is 0 Å². The first-order chi connectivity index (χ1) is 7.85. The molecule has 82 valence electrons. The quantitative estimate of drug-likeness (QED) is 0.733. The third kappa shape index (κ3) is 2.03. The fraction of sp³-hybridized carbons (Fsp3) is 0.231. The number of carbonyl (C=O) groups excluding carboxylic acids is 1. The Morgan fingerprint density at radius 2 is 2.25 bits per heavy atom. The fourth-order valence-electron chi connectivity index (χ4n) is 1.74. The van der Waals surface area contributed by atoms with Gasteiger partial charge < -0.3 is 0 Å². The van der Waals surface area contributed by atoms with Crippen molar-refractivity contribution in [3.8, 4) is 11.3 Å². The largest absolute Gasteiger partial charge is 0.298 e. The number of aromatic nitrogens is 2. The number of benzene rings is 1. The monoisotopic (exact) mass is 214 g/mol. The molecule has 0 radical (unpaired) electrons. The first kappa shape index (κ1) is 10.6. The molecule has 2 aromatic rings. The van der Waals surface area contributed by atoms with Gasteiger partial charge in [0.2, 0.25) is 0 Å². The van der Waals surface area contributed by atoms with E-state index in [2.05, 4.69) is 12.0 Å². The Balaban J connectivity index is 2.41. The van der Waals surface area contributed by atoms with Crippen molar-refractivity contribution in [3.63, 3.8) is 0 Å². The van der Waals surface area contributed by atoms with E-state index in [0.717, 1.165) is 30.5 Å². The summed E-state index contributed by atoms with van der Waals surface area (Å²) < 4.78 is 1.96. The van der Waals surface area contributed by atoms with Crippen LogP contribution in [-0.2, 0) is 6.54 Å². The lowest BCUT2D eigenvalue weighted by Crippen LogP contribution is -2.01. The normalized spacial score (nSPS) is 10.3. The first-order valence-corrected chi connectivity index (χ1v) is 5.42. The van der Waals surface area contributed by atoms with Crippen molar-refractivity contribution >= 4 is 6.29 Å². The van der Waals surface area contributed by atoms with Gasteiger partial charge >= 0.3 is 0 Å². The molecular formula is C13H14N2O. The van der Waals surface area contributed by atoms with Gasteiger partial charge in [-0.05, 0) is 18.6 Å². The summed E-state index contributed by atoms with van der Waals surface area (Å²) in [5, 5.41) is 4.27. The lowest BCUT2D eigenvalue weighted by Gasteiger charge is -2.06. The van der Waals surface area contributed by atoms with Crippen molar-refractivity contribution in [1.29, 1.82) is 0 Å². The Morgan fingerprint density at radius 3 is 3.00 bits per heavy atom. The summed E-state index contributed by atoms with van der Waals surface area (Å²) in [6.07, 6.45) is 3.70. The molecule has 0 unspecified atom stereocenters. The van der Waals surface area contributed by atoms with Gasteiger partial charge in [0.15, 0.2) is 0 Å². The molecule has 0 aliphatic carbocycles. The maximum Gasteiger partial charge on any atom is 0.150 e. The summed E-state index contributed by atoms with van der Waals surface area (Å²) in [6, 6.07) is 9.55. The van der Waals surface area contributed by atoms with Gasteiger partial charge in [0.25, 0.3) is 0 Å². The van der Waals surface area contributed by atoms with Gasteiger partial charge in [0.1, 0.15) is 6.29 Å². The highest BCUT2D eigenvalue weighted by Crippen LogP contribution is 2.19. The van der Waals surface area contributed by atoms with Crippen LogP contribution in [0.5, 0.6) is 0 Å². The van der Waals surface area contributed by atoms with Crippen LogP contribution >= 0.6 is 0 Å². The van der Waals surface area contributed by atoms with Crippen LogP contribution in [0.1, 0.15) is 23.7 Å². The van der Waals surface area contributed by atoms with Gasteiger partial charge in [-0.2, -0.15) is 5.10 Å². The second-order valence-corrected chi connectivity index (χ2v) is 3.68. The molecule has 3 heteroatoms. The van der Waals surface area contributed by atoms with Gasteiger partial charge in [-0.15, -0.1) is 0 Å². The molecule has 1 heterocycles. The van der Waals surface area contributed by atoms with E-state index >= 15 is 0 Å². The molecule has 0 spiro atoms. The van der Waals surface area contributed by atoms with E-state index in [1.165, 1.54) is 0 Å². The molecule has 1 aromatic carbocycles. The SMILES string of the molecule is CCCn1nccc1-c1cccc(C=O)c1. The van der Waals surface area contributed by atoms with Crippen LogP contribution in [0.2, 0.25) is 0 Å². The summed E-state index contributed by atoms with van der Waals surface area (Å²) in [6.45, 7) is 3.01. The zero-order valence-corrected chi connectivity index (χ0v) is 9.26. The Labute approximate surface area is 94.7 Å². The highest BCUT2D eigenvalue weighted by molar-refractivity contribution is 5.78. The van der Waals surface area contributed by atoms with Crippen LogP contribution < -0.4 is 0 Å². The van der Waals surface area contributed by atoms with Crippen molar-refractivity contribution in [3.05, 3.63) is 42.1 Å². The van der Waals surface area contributed by atoms with Crippen LogP contribution in [0.3, 0.4) is 0 Å². The number of rotatable bonds is 4. The standard InChI is InChI=1S/C13H14N2O/c1-2-8-15-13(6-7-14-15)12-5-3-4-11(9-12)10-16/h3-7,9-10H,2,8H2,1H3. The third-order valence-electron chi connectivity index (χ3n) is 2.47. The Bertz CT molecular complexity index is 488. The average molecular weight is 214 g/mol. The third-order valence-corrected chi connectivity index (χ3v) is 2.47. The minimum atomic E-state index is 0.696. The van der Waals surface area contributed by atoms with Gasteiger partial charge in [-0.3, -0.25) is 9.48 Å². The lowest BCUT2D eigenvalue weighted by molar-refractivity contribution is 0.112. The number of aldehydes is 1. The first-order valence-electron chi connectivity index (χ1n) is 5.42. The molecular weight excluding hydrogens is 200 g/mol. The molecule has 0 fully saturated rings. The number of hydrogen-bond acceptors (Lipinski definition) is 2. The van der Waals surface area contributed by atoms with Crippen LogP contribution in [0.4, 0.5) is 0 Å². The molecule has 1 aromatic heterocycles. The Hall–Kier alpha value is -1.90. The van der Waals surface area contributed by atoms with E-state index < -0.39 is 0 Å². The average Bonchev–Trinajstić information content (AvgIpc) is 2.78. The zero-order chi connectivity index (χ0) is 11.4. The van der Waals surface area contributed by atoms with E-state index in [1.54, 1.807) is 12.3 Å².